The number of ether oxygens (including phenoxy) is 1. The van der Waals surface area contributed by atoms with Gasteiger partial charge in [-0.1, -0.05) is 18.2 Å². The highest BCUT2D eigenvalue weighted by atomic mass is 32.2. The molecule has 2 atom stereocenters. The zero-order valence-corrected chi connectivity index (χ0v) is 18.2. The van der Waals surface area contributed by atoms with Gasteiger partial charge in [0.2, 0.25) is 15.9 Å². The van der Waals surface area contributed by atoms with Gasteiger partial charge in [0.25, 0.3) is 0 Å². The van der Waals surface area contributed by atoms with Gasteiger partial charge in [-0.05, 0) is 62.1 Å². The Labute approximate surface area is 177 Å². The number of rotatable bonds is 6. The van der Waals surface area contributed by atoms with Gasteiger partial charge in [0, 0.05) is 13.1 Å². The van der Waals surface area contributed by atoms with Gasteiger partial charge < -0.3 is 10.1 Å². The summed E-state index contributed by atoms with van der Waals surface area (Å²) in [6.07, 6.45) is 1.20. The smallest absolute Gasteiger partial charge is 0.246 e. The van der Waals surface area contributed by atoms with Crippen molar-refractivity contribution in [1.82, 2.24) is 9.62 Å². The topological polar surface area (TPSA) is 75.7 Å². The molecule has 0 radical (unpaired) electrons. The van der Waals surface area contributed by atoms with E-state index in [0.29, 0.717) is 19.4 Å². The summed E-state index contributed by atoms with van der Waals surface area (Å²) in [7, 11) is -2.35. The first-order valence-corrected chi connectivity index (χ1v) is 11.4. The predicted octanol–water partition coefficient (Wildman–Crippen LogP) is 3.42. The van der Waals surface area contributed by atoms with E-state index >= 15 is 0 Å². The van der Waals surface area contributed by atoms with Crippen LogP contribution in [0.5, 0.6) is 5.75 Å². The van der Waals surface area contributed by atoms with Gasteiger partial charge >= 0.3 is 0 Å². The number of nitrogens with zero attached hydrogens (tertiary/aromatic N) is 1. The van der Waals surface area contributed by atoms with Crippen LogP contribution >= 0.6 is 0 Å². The minimum Gasteiger partial charge on any atom is -0.495 e. The number of carbonyl (C=O) groups is 1. The van der Waals surface area contributed by atoms with E-state index in [1.807, 2.05) is 13.8 Å². The number of hydrogen-bond donors (Lipinski definition) is 1. The van der Waals surface area contributed by atoms with Crippen LogP contribution in [0.2, 0.25) is 0 Å². The third-order valence-corrected chi connectivity index (χ3v) is 7.31. The highest BCUT2D eigenvalue weighted by Crippen LogP contribution is 2.31. The average Bonchev–Trinajstić information content (AvgIpc) is 2.74. The second-order valence-corrected chi connectivity index (χ2v) is 9.54. The molecule has 2 aromatic rings. The largest absolute Gasteiger partial charge is 0.495 e. The lowest BCUT2D eigenvalue weighted by Crippen LogP contribution is -2.45. The maximum absolute atomic E-state index is 13.2. The highest BCUT2D eigenvalue weighted by Gasteiger charge is 2.35. The molecule has 0 saturated carbocycles. The molecule has 6 nitrogen and oxygen atoms in total. The summed E-state index contributed by atoms with van der Waals surface area (Å²) < 4.78 is 46.2. The van der Waals surface area contributed by atoms with E-state index in [9.17, 15) is 17.6 Å². The molecular formula is C22H27FN2O4S. The van der Waals surface area contributed by atoms with Crippen LogP contribution < -0.4 is 10.1 Å². The standard InChI is InChI=1S/C22H27FN2O4S/c1-15-6-11-20(29-3)21(13-15)30(27,28)25-12-4-5-18(14-25)22(26)24-16(2)17-7-9-19(23)10-8-17/h6-11,13,16,18H,4-5,12,14H2,1-3H3,(H,24,26). The number of halogens is 1. The van der Waals surface area contributed by atoms with Gasteiger partial charge in [0.15, 0.2) is 0 Å². The van der Waals surface area contributed by atoms with Crippen molar-refractivity contribution in [2.75, 3.05) is 20.2 Å². The van der Waals surface area contributed by atoms with E-state index in [1.54, 1.807) is 30.3 Å². The van der Waals surface area contributed by atoms with Crippen molar-refractivity contribution in [3.8, 4) is 5.75 Å². The molecule has 2 aromatic carbocycles. The minimum absolute atomic E-state index is 0.113. The minimum atomic E-state index is -3.79. The Morgan fingerprint density at radius 2 is 1.93 bits per heavy atom. The molecule has 1 aliphatic rings. The van der Waals surface area contributed by atoms with E-state index < -0.39 is 15.9 Å². The maximum Gasteiger partial charge on any atom is 0.246 e. The van der Waals surface area contributed by atoms with Crippen molar-refractivity contribution in [2.45, 2.75) is 37.6 Å². The number of carbonyl (C=O) groups excluding carboxylic acids is 1. The van der Waals surface area contributed by atoms with Crippen molar-refractivity contribution in [3.05, 3.63) is 59.4 Å². The lowest BCUT2D eigenvalue weighted by molar-refractivity contribution is -0.126. The van der Waals surface area contributed by atoms with Gasteiger partial charge in [-0.3, -0.25) is 4.79 Å². The quantitative estimate of drug-likeness (QED) is 0.756. The summed E-state index contributed by atoms with van der Waals surface area (Å²) in [6, 6.07) is 10.7. The van der Waals surface area contributed by atoms with Crippen molar-refractivity contribution in [1.29, 1.82) is 0 Å². The number of nitrogens with one attached hydrogen (secondary N) is 1. The van der Waals surface area contributed by atoms with Gasteiger partial charge in [0.05, 0.1) is 19.1 Å². The fourth-order valence-electron chi connectivity index (χ4n) is 3.67. The molecule has 30 heavy (non-hydrogen) atoms. The molecule has 1 aliphatic heterocycles. The molecule has 0 spiro atoms. The molecule has 1 saturated heterocycles. The molecule has 0 aromatic heterocycles. The summed E-state index contributed by atoms with van der Waals surface area (Å²) >= 11 is 0. The molecule has 162 valence electrons. The molecule has 8 heteroatoms. The highest BCUT2D eigenvalue weighted by molar-refractivity contribution is 7.89. The van der Waals surface area contributed by atoms with Crippen LogP contribution in [0.15, 0.2) is 47.4 Å². The van der Waals surface area contributed by atoms with E-state index in [-0.39, 0.29) is 35.0 Å². The van der Waals surface area contributed by atoms with E-state index in [1.165, 1.54) is 23.5 Å². The zero-order valence-electron chi connectivity index (χ0n) is 17.4. The second kappa shape index (κ2) is 9.14. The fraction of sp³-hybridized carbons (Fsp3) is 0.409. The van der Waals surface area contributed by atoms with Crippen LogP contribution in [-0.2, 0) is 14.8 Å². The lowest BCUT2D eigenvalue weighted by Gasteiger charge is -2.32. The number of amides is 1. The Kier molecular flexibility index (Phi) is 6.77. The number of hydrogen-bond acceptors (Lipinski definition) is 4. The number of piperidine rings is 1. The van der Waals surface area contributed by atoms with Crippen molar-refractivity contribution in [2.24, 2.45) is 5.92 Å². The van der Waals surface area contributed by atoms with Crippen LogP contribution in [0.4, 0.5) is 4.39 Å². The molecular weight excluding hydrogens is 407 g/mol. The van der Waals surface area contributed by atoms with Crippen molar-refractivity contribution in [3.63, 3.8) is 0 Å². The molecule has 0 bridgehead atoms. The molecule has 1 heterocycles. The maximum atomic E-state index is 13.2. The molecule has 0 aliphatic carbocycles. The van der Waals surface area contributed by atoms with Crippen LogP contribution in [0, 0.1) is 18.7 Å². The monoisotopic (exact) mass is 434 g/mol. The van der Waals surface area contributed by atoms with Crippen molar-refractivity contribution >= 4 is 15.9 Å². The SMILES string of the molecule is COc1ccc(C)cc1S(=O)(=O)N1CCCC(C(=O)NC(C)c2ccc(F)cc2)C1. The third-order valence-electron chi connectivity index (χ3n) is 5.42. The summed E-state index contributed by atoms with van der Waals surface area (Å²) in [5.41, 5.74) is 1.60. The molecule has 2 unspecified atom stereocenters. The lowest BCUT2D eigenvalue weighted by atomic mass is 9.98. The Hall–Kier alpha value is -2.45. The van der Waals surface area contributed by atoms with E-state index in [2.05, 4.69) is 5.32 Å². The molecule has 1 amide bonds. The van der Waals surface area contributed by atoms with Crippen LogP contribution in [-0.4, -0.2) is 38.8 Å². The first kappa shape index (κ1) is 22.2. The van der Waals surface area contributed by atoms with Gasteiger partial charge in [-0.2, -0.15) is 4.31 Å². The Balaban J connectivity index is 1.73. The Morgan fingerprint density at radius 3 is 2.60 bits per heavy atom. The Bertz CT molecular complexity index is 1010. The van der Waals surface area contributed by atoms with Crippen molar-refractivity contribution < 1.29 is 22.3 Å². The van der Waals surface area contributed by atoms with Crippen LogP contribution in [0.1, 0.15) is 36.9 Å². The number of benzene rings is 2. The molecule has 1 N–H and O–H groups in total. The van der Waals surface area contributed by atoms with Crippen LogP contribution in [0.25, 0.3) is 0 Å². The van der Waals surface area contributed by atoms with Gasteiger partial charge in [-0.25, -0.2) is 12.8 Å². The summed E-state index contributed by atoms with van der Waals surface area (Å²) in [5.74, 6) is -0.704. The second-order valence-electron chi connectivity index (χ2n) is 7.64. The first-order chi connectivity index (χ1) is 14.2. The predicted molar refractivity (Wildman–Crippen MR) is 112 cm³/mol. The third kappa shape index (κ3) is 4.82. The number of sulfonamides is 1. The Morgan fingerprint density at radius 1 is 1.23 bits per heavy atom. The number of methoxy groups -OCH3 is 1. The normalized spacial score (nSPS) is 18.6. The van der Waals surface area contributed by atoms with Crippen LogP contribution in [0.3, 0.4) is 0 Å². The zero-order chi connectivity index (χ0) is 21.9. The first-order valence-electron chi connectivity index (χ1n) is 9.93. The summed E-state index contributed by atoms with van der Waals surface area (Å²) in [6.45, 7) is 4.11. The van der Waals surface area contributed by atoms with E-state index in [4.69, 9.17) is 4.74 Å². The fourth-order valence-corrected chi connectivity index (χ4v) is 5.43. The van der Waals surface area contributed by atoms with E-state index in [0.717, 1.165) is 11.1 Å². The van der Waals surface area contributed by atoms with Gasteiger partial charge in [-0.15, -0.1) is 0 Å². The molecule has 1 fully saturated rings. The summed E-state index contributed by atoms with van der Waals surface area (Å²) in [5, 5.41) is 2.92. The van der Waals surface area contributed by atoms with Gasteiger partial charge in [0.1, 0.15) is 16.5 Å². The summed E-state index contributed by atoms with van der Waals surface area (Å²) in [4.78, 5) is 12.9. The molecule has 3 rings (SSSR count). The average molecular weight is 435 g/mol. The number of aryl methyl sites for hydroxylation is 1.